The van der Waals surface area contributed by atoms with Crippen LogP contribution in [0.15, 0.2) is 18.2 Å². The normalized spacial score (nSPS) is 13.9. The van der Waals surface area contributed by atoms with Crippen molar-refractivity contribution in [2.24, 2.45) is 0 Å². The predicted octanol–water partition coefficient (Wildman–Crippen LogP) is 2.35. The van der Waals surface area contributed by atoms with Gasteiger partial charge >= 0.3 is 0 Å². The van der Waals surface area contributed by atoms with E-state index in [0.717, 1.165) is 18.4 Å². The summed E-state index contributed by atoms with van der Waals surface area (Å²) in [5.41, 5.74) is 0.959. The molecule has 0 unspecified atom stereocenters. The van der Waals surface area contributed by atoms with Crippen LogP contribution in [-0.4, -0.2) is 22.3 Å². The number of amides is 1. The molecule has 1 aliphatic rings. The van der Waals surface area contributed by atoms with Crippen molar-refractivity contribution in [3.63, 3.8) is 0 Å². The zero-order valence-electron chi connectivity index (χ0n) is 9.68. The highest BCUT2D eigenvalue weighted by Gasteiger charge is 2.33. The molecule has 1 aromatic rings. The van der Waals surface area contributed by atoms with Crippen LogP contribution in [0, 0.1) is 10.1 Å². The van der Waals surface area contributed by atoms with Crippen LogP contribution >= 0.6 is 0 Å². The average molecular weight is 234 g/mol. The second kappa shape index (κ2) is 4.53. The number of benzene rings is 1. The van der Waals surface area contributed by atoms with Gasteiger partial charge in [-0.2, -0.15) is 0 Å². The summed E-state index contributed by atoms with van der Waals surface area (Å²) in [7, 11) is 0. The molecule has 0 bridgehead atoms. The highest BCUT2D eigenvalue weighted by molar-refractivity contribution is 6.02. The molecule has 0 spiro atoms. The highest BCUT2D eigenvalue weighted by atomic mass is 16.6. The Morgan fingerprint density at radius 3 is 2.88 bits per heavy atom. The number of nitro benzene ring substituents is 1. The Labute approximate surface area is 99.2 Å². The minimum Gasteiger partial charge on any atom is -0.334 e. The Morgan fingerprint density at radius 2 is 2.24 bits per heavy atom. The van der Waals surface area contributed by atoms with E-state index in [0.29, 0.717) is 13.1 Å². The fraction of sp³-hybridized carbons (Fsp3) is 0.417. The van der Waals surface area contributed by atoms with Crippen LogP contribution in [0.3, 0.4) is 0 Å². The number of nitrogens with zero attached hydrogens (tertiary/aromatic N) is 2. The van der Waals surface area contributed by atoms with Gasteiger partial charge in [0.1, 0.15) is 5.56 Å². The first kappa shape index (κ1) is 11.6. The van der Waals surface area contributed by atoms with E-state index in [1.165, 1.54) is 6.07 Å². The van der Waals surface area contributed by atoms with E-state index in [-0.39, 0.29) is 17.2 Å². The van der Waals surface area contributed by atoms with E-state index in [4.69, 9.17) is 0 Å². The van der Waals surface area contributed by atoms with Gasteiger partial charge in [0, 0.05) is 19.2 Å². The first-order valence-corrected chi connectivity index (χ1v) is 5.70. The first-order chi connectivity index (χ1) is 8.15. The van der Waals surface area contributed by atoms with E-state index in [9.17, 15) is 14.9 Å². The van der Waals surface area contributed by atoms with Crippen molar-refractivity contribution in [2.75, 3.05) is 6.54 Å². The number of carbonyl (C=O) groups is 1. The van der Waals surface area contributed by atoms with Crippen LogP contribution in [0.25, 0.3) is 0 Å². The Bertz CT molecular complexity index is 471. The number of carbonyl (C=O) groups excluding carboxylic acids is 1. The second-order valence-corrected chi connectivity index (χ2v) is 4.15. The molecule has 2 rings (SSSR count). The van der Waals surface area contributed by atoms with Crippen molar-refractivity contribution >= 4 is 11.6 Å². The van der Waals surface area contributed by atoms with Gasteiger partial charge in [0.15, 0.2) is 0 Å². The Morgan fingerprint density at radius 1 is 1.47 bits per heavy atom. The third-order valence-electron chi connectivity index (χ3n) is 2.97. The molecular formula is C12H14N2O3. The number of fused-ring (bicyclic) bond motifs is 1. The van der Waals surface area contributed by atoms with Crippen LogP contribution in [0.1, 0.15) is 35.7 Å². The maximum atomic E-state index is 12.0. The molecule has 0 aliphatic carbocycles. The molecule has 17 heavy (non-hydrogen) atoms. The van der Waals surface area contributed by atoms with Crippen molar-refractivity contribution in [1.29, 1.82) is 0 Å². The number of hydrogen-bond acceptors (Lipinski definition) is 3. The maximum absolute atomic E-state index is 12.0. The van der Waals surface area contributed by atoms with Gasteiger partial charge in [0.2, 0.25) is 0 Å². The molecule has 0 saturated heterocycles. The summed E-state index contributed by atoms with van der Waals surface area (Å²) in [6.07, 6.45) is 1.93. The number of hydrogen-bond donors (Lipinski definition) is 0. The summed E-state index contributed by atoms with van der Waals surface area (Å²) in [6, 6.07) is 4.81. The minimum atomic E-state index is -0.486. The summed E-state index contributed by atoms with van der Waals surface area (Å²) in [4.78, 5) is 24.1. The van der Waals surface area contributed by atoms with E-state index < -0.39 is 4.92 Å². The van der Waals surface area contributed by atoms with E-state index >= 15 is 0 Å². The van der Waals surface area contributed by atoms with Gasteiger partial charge in [-0.05, 0) is 12.0 Å². The molecule has 0 fully saturated rings. The van der Waals surface area contributed by atoms with Gasteiger partial charge in [0.25, 0.3) is 11.6 Å². The zero-order chi connectivity index (χ0) is 12.4. The van der Waals surface area contributed by atoms with Gasteiger partial charge < -0.3 is 4.90 Å². The third kappa shape index (κ3) is 2.00. The molecule has 0 radical (unpaired) electrons. The minimum absolute atomic E-state index is 0.0773. The van der Waals surface area contributed by atoms with E-state index in [1.807, 2.05) is 0 Å². The fourth-order valence-corrected chi connectivity index (χ4v) is 2.08. The van der Waals surface area contributed by atoms with Crippen LogP contribution in [0.4, 0.5) is 5.69 Å². The molecule has 90 valence electrons. The summed E-state index contributed by atoms with van der Waals surface area (Å²) in [6.45, 7) is 3.22. The van der Waals surface area contributed by atoms with Gasteiger partial charge in [-0.3, -0.25) is 14.9 Å². The second-order valence-electron chi connectivity index (χ2n) is 4.15. The number of unbranched alkanes of at least 4 members (excludes halogenated alkanes) is 1. The Balaban J connectivity index is 2.32. The van der Waals surface area contributed by atoms with Crippen molar-refractivity contribution < 1.29 is 9.72 Å². The Hall–Kier alpha value is -1.91. The molecule has 1 heterocycles. The molecule has 1 aromatic carbocycles. The highest BCUT2D eigenvalue weighted by Crippen LogP contribution is 2.30. The number of nitro groups is 1. The average Bonchev–Trinajstić information content (AvgIpc) is 2.63. The van der Waals surface area contributed by atoms with Crippen LogP contribution in [0.5, 0.6) is 0 Å². The smallest absolute Gasteiger partial charge is 0.282 e. The van der Waals surface area contributed by atoms with Crippen LogP contribution in [-0.2, 0) is 6.54 Å². The van der Waals surface area contributed by atoms with E-state index in [1.54, 1.807) is 17.0 Å². The monoisotopic (exact) mass is 234 g/mol. The molecule has 5 heteroatoms. The quantitative estimate of drug-likeness (QED) is 0.593. The van der Waals surface area contributed by atoms with Crippen LogP contribution in [0.2, 0.25) is 0 Å². The third-order valence-corrected chi connectivity index (χ3v) is 2.97. The van der Waals surface area contributed by atoms with Crippen molar-refractivity contribution in [1.82, 2.24) is 4.90 Å². The number of rotatable bonds is 4. The molecular weight excluding hydrogens is 220 g/mol. The lowest BCUT2D eigenvalue weighted by Gasteiger charge is -2.14. The summed E-state index contributed by atoms with van der Waals surface area (Å²) in [5.74, 6) is -0.208. The van der Waals surface area contributed by atoms with Crippen molar-refractivity contribution in [3.8, 4) is 0 Å². The van der Waals surface area contributed by atoms with Gasteiger partial charge in [-0.25, -0.2) is 0 Å². The largest absolute Gasteiger partial charge is 0.334 e. The molecule has 1 amide bonds. The maximum Gasteiger partial charge on any atom is 0.282 e. The standard InChI is InChI=1S/C12H14N2O3/c1-2-3-7-13-8-9-5-4-6-10(14(16)17)11(9)12(13)15/h4-6H,2-3,7-8H2,1H3. The summed E-state index contributed by atoms with van der Waals surface area (Å²) >= 11 is 0. The molecule has 1 aliphatic heterocycles. The zero-order valence-corrected chi connectivity index (χ0v) is 9.68. The SMILES string of the molecule is CCCCN1Cc2cccc([N+](=O)[O-])c2C1=O. The molecule has 5 nitrogen and oxygen atoms in total. The first-order valence-electron chi connectivity index (χ1n) is 5.70. The fourth-order valence-electron chi connectivity index (χ4n) is 2.08. The van der Waals surface area contributed by atoms with Gasteiger partial charge in [0.05, 0.1) is 4.92 Å². The summed E-state index contributed by atoms with van der Waals surface area (Å²) < 4.78 is 0. The molecule has 0 atom stereocenters. The topological polar surface area (TPSA) is 63.4 Å². The summed E-state index contributed by atoms with van der Waals surface area (Å²) in [5, 5.41) is 10.9. The van der Waals surface area contributed by atoms with Crippen LogP contribution < -0.4 is 0 Å². The van der Waals surface area contributed by atoms with Crippen molar-refractivity contribution in [3.05, 3.63) is 39.4 Å². The lowest BCUT2D eigenvalue weighted by molar-refractivity contribution is -0.385. The van der Waals surface area contributed by atoms with Gasteiger partial charge in [-0.15, -0.1) is 0 Å². The van der Waals surface area contributed by atoms with Gasteiger partial charge in [-0.1, -0.05) is 25.5 Å². The predicted molar refractivity (Wildman–Crippen MR) is 62.7 cm³/mol. The molecule has 0 saturated carbocycles. The molecule has 0 aromatic heterocycles. The van der Waals surface area contributed by atoms with E-state index in [2.05, 4.69) is 6.92 Å². The Kier molecular flexibility index (Phi) is 3.08. The molecule has 0 N–H and O–H groups in total. The van der Waals surface area contributed by atoms with Crippen molar-refractivity contribution in [2.45, 2.75) is 26.3 Å². The lowest BCUT2D eigenvalue weighted by atomic mass is 10.1. The lowest BCUT2D eigenvalue weighted by Crippen LogP contribution is -2.25.